The van der Waals surface area contributed by atoms with Crippen LogP contribution in [-0.4, -0.2) is 19.6 Å². The van der Waals surface area contributed by atoms with E-state index in [1.54, 1.807) is 12.1 Å². The molecule has 0 aromatic heterocycles. The summed E-state index contributed by atoms with van der Waals surface area (Å²) in [7, 11) is 0. The maximum atomic E-state index is 13.1. The molecule has 0 saturated carbocycles. The van der Waals surface area contributed by atoms with Gasteiger partial charge in [-0.3, -0.25) is 0 Å². The minimum absolute atomic E-state index is 0.236. The standard InChI is InChI=1S/C30H34F4O3/c31-26-14-10-24(11-15-26)25-12-16-27(17-13-25)35-22-8-6-4-2-1-3-5-7-9-23-36-28-18-20-29(21-19-28)37-30(32,33)34/h10-21H,1-9,22-23H2. The Morgan fingerprint density at radius 3 is 1.24 bits per heavy atom. The molecule has 0 radical (unpaired) electrons. The number of rotatable bonds is 16. The second-order valence-corrected chi connectivity index (χ2v) is 8.93. The predicted molar refractivity (Wildman–Crippen MR) is 138 cm³/mol. The van der Waals surface area contributed by atoms with Gasteiger partial charge >= 0.3 is 6.36 Å². The second kappa shape index (κ2) is 15.1. The van der Waals surface area contributed by atoms with Gasteiger partial charge < -0.3 is 14.2 Å². The third-order valence-corrected chi connectivity index (χ3v) is 5.92. The summed E-state index contributed by atoms with van der Waals surface area (Å²) in [4.78, 5) is 0. The highest BCUT2D eigenvalue weighted by Gasteiger charge is 2.30. The molecule has 0 aliphatic heterocycles. The van der Waals surface area contributed by atoms with Crippen molar-refractivity contribution in [2.24, 2.45) is 0 Å². The Morgan fingerprint density at radius 1 is 0.459 bits per heavy atom. The maximum absolute atomic E-state index is 13.1. The molecule has 3 aromatic carbocycles. The van der Waals surface area contributed by atoms with Crippen LogP contribution in [0.2, 0.25) is 0 Å². The van der Waals surface area contributed by atoms with Crippen LogP contribution in [0.5, 0.6) is 17.2 Å². The van der Waals surface area contributed by atoms with E-state index < -0.39 is 6.36 Å². The summed E-state index contributed by atoms with van der Waals surface area (Å²) in [6.45, 7) is 1.25. The maximum Gasteiger partial charge on any atom is 0.573 e. The highest BCUT2D eigenvalue weighted by molar-refractivity contribution is 5.63. The van der Waals surface area contributed by atoms with Crippen molar-refractivity contribution < 1.29 is 31.8 Å². The van der Waals surface area contributed by atoms with Gasteiger partial charge in [0.05, 0.1) is 13.2 Å². The van der Waals surface area contributed by atoms with Crippen molar-refractivity contribution in [3.05, 3.63) is 78.6 Å². The van der Waals surface area contributed by atoms with Gasteiger partial charge in [0.25, 0.3) is 0 Å². The van der Waals surface area contributed by atoms with Crippen molar-refractivity contribution in [2.45, 2.75) is 64.1 Å². The fourth-order valence-corrected chi connectivity index (χ4v) is 3.95. The summed E-state index contributed by atoms with van der Waals surface area (Å²) in [6.07, 6.45) is 5.46. The second-order valence-electron chi connectivity index (χ2n) is 8.93. The van der Waals surface area contributed by atoms with Crippen LogP contribution >= 0.6 is 0 Å². The topological polar surface area (TPSA) is 27.7 Å². The summed E-state index contributed by atoms with van der Waals surface area (Å²) in [5, 5.41) is 0. The van der Waals surface area contributed by atoms with E-state index in [2.05, 4.69) is 4.74 Å². The van der Waals surface area contributed by atoms with Crippen molar-refractivity contribution in [2.75, 3.05) is 13.2 Å². The molecule has 7 heteroatoms. The Hall–Kier alpha value is -3.22. The van der Waals surface area contributed by atoms with E-state index in [9.17, 15) is 17.6 Å². The molecule has 0 spiro atoms. The summed E-state index contributed by atoms with van der Waals surface area (Å²) in [6, 6.07) is 19.8. The van der Waals surface area contributed by atoms with Crippen LogP contribution < -0.4 is 14.2 Å². The third-order valence-electron chi connectivity index (χ3n) is 5.92. The van der Waals surface area contributed by atoms with Crippen LogP contribution in [0.15, 0.2) is 72.8 Å². The van der Waals surface area contributed by atoms with Crippen LogP contribution in [-0.2, 0) is 0 Å². The van der Waals surface area contributed by atoms with Gasteiger partial charge in [0, 0.05) is 0 Å². The fourth-order valence-electron chi connectivity index (χ4n) is 3.95. The first-order valence-electron chi connectivity index (χ1n) is 12.9. The quantitative estimate of drug-likeness (QED) is 0.140. The van der Waals surface area contributed by atoms with Gasteiger partial charge in [0.15, 0.2) is 0 Å². The highest BCUT2D eigenvalue weighted by Crippen LogP contribution is 2.25. The normalized spacial score (nSPS) is 11.4. The Kier molecular flexibility index (Phi) is 11.6. The van der Waals surface area contributed by atoms with Gasteiger partial charge in [0.2, 0.25) is 0 Å². The lowest BCUT2D eigenvalue weighted by Gasteiger charge is -2.10. The molecular weight excluding hydrogens is 484 g/mol. The molecular formula is C30H34F4O3. The SMILES string of the molecule is Fc1ccc(-c2ccc(OCCCCCCCCCCCOc3ccc(OC(F)(F)F)cc3)cc2)cc1. The van der Waals surface area contributed by atoms with Crippen LogP contribution in [0.4, 0.5) is 17.6 Å². The molecule has 200 valence electrons. The summed E-state index contributed by atoms with van der Waals surface area (Å²) < 4.78 is 64.8. The molecule has 0 fully saturated rings. The molecule has 0 saturated heterocycles. The van der Waals surface area contributed by atoms with E-state index in [1.807, 2.05) is 24.3 Å². The Morgan fingerprint density at radius 2 is 0.811 bits per heavy atom. The Bertz CT molecular complexity index is 1020. The van der Waals surface area contributed by atoms with Gasteiger partial charge in [-0.15, -0.1) is 13.2 Å². The first-order valence-corrected chi connectivity index (χ1v) is 12.9. The summed E-state index contributed by atoms with van der Waals surface area (Å²) in [5.74, 6) is 0.907. The zero-order chi connectivity index (χ0) is 26.3. The first kappa shape index (κ1) is 28.4. The van der Waals surface area contributed by atoms with Crippen molar-refractivity contribution in [1.29, 1.82) is 0 Å². The molecule has 0 aliphatic rings. The van der Waals surface area contributed by atoms with E-state index in [0.717, 1.165) is 49.0 Å². The lowest BCUT2D eigenvalue weighted by Crippen LogP contribution is -2.16. The molecule has 0 unspecified atom stereocenters. The number of ether oxygens (including phenoxy) is 3. The Balaban J connectivity index is 1.13. The zero-order valence-electron chi connectivity index (χ0n) is 20.9. The molecule has 3 aromatic rings. The van der Waals surface area contributed by atoms with Gasteiger partial charge in [0.1, 0.15) is 23.1 Å². The number of benzene rings is 3. The average Bonchev–Trinajstić information content (AvgIpc) is 2.88. The first-order chi connectivity index (χ1) is 17.9. The number of hydrogen-bond acceptors (Lipinski definition) is 3. The summed E-state index contributed by atoms with van der Waals surface area (Å²) in [5.41, 5.74) is 2.02. The van der Waals surface area contributed by atoms with E-state index >= 15 is 0 Å². The minimum Gasteiger partial charge on any atom is -0.494 e. The van der Waals surface area contributed by atoms with Gasteiger partial charge in [-0.1, -0.05) is 69.2 Å². The predicted octanol–water partition coefficient (Wildman–Crippen LogP) is 9.36. The smallest absolute Gasteiger partial charge is 0.494 e. The van der Waals surface area contributed by atoms with Crippen molar-refractivity contribution in [3.63, 3.8) is 0 Å². The molecule has 3 rings (SSSR count). The van der Waals surface area contributed by atoms with Gasteiger partial charge in [-0.2, -0.15) is 0 Å². The highest BCUT2D eigenvalue weighted by atomic mass is 19.4. The third kappa shape index (κ3) is 11.6. The van der Waals surface area contributed by atoms with E-state index in [-0.39, 0.29) is 11.6 Å². The average molecular weight is 519 g/mol. The molecule has 0 heterocycles. The van der Waals surface area contributed by atoms with Crippen LogP contribution in [0.25, 0.3) is 11.1 Å². The number of halogens is 4. The van der Waals surface area contributed by atoms with Gasteiger partial charge in [-0.25, -0.2) is 4.39 Å². The van der Waals surface area contributed by atoms with E-state index in [1.165, 1.54) is 62.1 Å². The van der Waals surface area contributed by atoms with Crippen molar-refractivity contribution in [1.82, 2.24) is 0 Å². The van der Waals surface area contributed by atoms with E-state index in [0.29, 0.717) is 19.0 Å². The largest absolute Gasteiger partial charge is 0.573 e. The van der Waals surface area contributed by atoms with Crippen LogP contribution in [0, 0.1) is 5.82 Å². The molecule has 0 amide bonds. The molecule has 0 N–H and O–H groups in total. The number of alkyl halides is 3. The monoisotopic (exact) mass is 518 g/mol. The van der Waals surface area contributed by atoms with Gasteiger partial charge in [-0.05, 0) is 72.5 Å². The molecule has 3 nitrogen and oxygen atoms in total. The number of hydrogen-bond donors (Lipinski definition) is 0. The van der Waals surface area contributed by atoms with Crippen molar-refractivity contribution >= 4 is 0 Å². The minimum atomic E-state index is -4.68. The molecule has 0 bridgehead atoms. The lowest BCUT2D eigenvalue weighted by molar-refractivity contribution is -0.274. The molecule has 0 atom stereocenters. The molecule has 37 heavy (non-hydrogen) atoms. The van der Waals surface area contributed by atoms with Crippen molar-refractivity contribution in [3.8, 4) is 28.4 Å². The summed E-state index contributed by atoms with van der Waals surface area (Å²) >= 11 is 0. The molecule has 0 aliphatic carbocycles. The zero-order valence-corrected chi connectivity index (χ0v) is 20.9. The Labute approximate surface area is 216 Å². The van der Waals surface area contributed by atoms with Crippen LogP contribution in [0.1, 0.15) is 57.8 Å². The van der Waals surface area contributed by atoms with Crippen LogP contribution in [0.3, 0.4) is 0 Å². The number of unbranched alkanes of at least 4 members (excludes halogenated alkanes) is 8. The lowest BCUT2D eigenvalue weighted by atomic mass is 10.1. The van der Waals surface area contributed by atoms with E-state index in [4.69, 9.17) is 9.47 Å². The fraction of sp³-hybridized carbons (Fsp3) is 0.400.